The highest BCUT2D eigenvalue weighted by atomic mass is 31.1. The highest BCUT2D eigenvalue weighted by Crippen LogP contribution is 1.98. The van der Waals surface area contributed by atoms with Gasteiger partial charge in [0.1, 0.15) is 0 Å². The average Bonchev–Trinajstić information content (AvgIpc) is 1.65. The Labute approximate surface area is 52.4 Å². The van der Waals surface area contributed by atoms with Crippen molar-refractivity contribution in [1.29, 1.82) is 0 Å². The minimum Gasteiger partial charge on any atom is -0.326 e. The zero-order chi connectivity index (χ0) is 6.99. The third-order valence-electron chi connectivity index (χ3n) is 0.289. The maximum Gasteiger partial charge on any atom is 0.314 e. The third kappa shape index (κ3) is 130. The van der Waals surface area contributed by atoms with Crippen LogP contribution in [0.1, 0.15) is 0 Å². The Hall–Kier alpha value is 0.107. The molecular formula is C3H11O3PSi. The fourth-order valence-electron chi connectivity index (χ4n) is 0. The van der Waals surface area contributed by atoms with E-state index < -0.39 is 8.25 Å². The standard InChI is InChI=1S/C3H8Si.H3O3P/c1-2-3-4;1-4(2)3/h2H,1,3H2,4H3;4H,(H2,1,2,3). The molecule has 2 N–H and O–H groups in total. The zero-order valence-electron chi connectivity index (χ0n) is 4.79. The summed E-state index contributed by atoms with van der Waals surface area (Å²) in [6.45, 7) is 3.51. The molecule has 8 heavy (non-hydrogen) atoms. The summed E-state index contributed by atoms with van der Waals surface area (Å²) in [7, 11) is -1.86. The molecule has 0 amide bonds. The van der Waals surface area contributed by atoms with Crippen LogP contribution in [-0.4, -0.2) is 20.0 Å². The van der Waals surface area contributed by atoms with Crippen LogP contribution in [0.15, 0.2) is 12.7 Å². The SMILES string of the molecule is C=CC[SiH3].O=[PH](O)O. The van der Waals surface area contributed by atoms with Gasteiger partial charge in [-0.1, -0.05) is 6.08 Å². The molecule has 0 fully saturated rings. The smallest absolute Gasteiger partial charge is 0.314 e. The van der Waals surface area contributed by atoms with Gasteiger partial charge < -0.3 is 9.79 Å². The summed E-state index contributed by atoms with van der Waals surface area (Å²) in [5.74, 6) is 0. The van der Waals surface area contributed by atoms with Crippen LogP contribution in [0, 0.1) is 0 Å². The van der Waals surface area contributed by atoms with Gasteiger partial charge in [-0.25, -0.2) is 0 Å². The van der Waals surface area contributed by atoms with Crippen molar-refractivity contribution in [2.75, 3.05) is 0 Å². The maximum atomic E-state index is 8.74. The summed E-state index contributed by atoms with van der Waals surface area (Å²) in [5, 5.41) is 0. The molecule has 0 atom stereocenters. The Morgan fingerprint density at radius 3 is 1.88 bits per heavy atom. The van der Waals surface area contributed by atoms with Crippen molar-refractivity contribution in [3.05, 3.63) is 12.7 Å². The monoisotopic (exact) mass is 154 g/mol. The molecule has 0 aromatic carbocycles. The molecule has 0 unspecified atom stereocenters. The first-order valence-electron chi connectivity index (χ1n) is 2.17. The molecule has 0 saturated heterocycles. The lowest BCUT2D eigenvalue weighted by Crippen LogP contribution is -1.47. The van der Waals surface area contributed by atoms with Crippen molar-refractivity contribution >= 4 is 18.5 Å². The van der Waals surface area contributed by atoms with Crippen molar-refractivity contribution in [2.45, 2.75) is 6.04 Å². The van der Waals surface area contributed by atoms with Crippen molar-refractivity contribution in [1.82, 2.24) is 0 Å². The van der Waals surface area contributed by atoms with Crippen molar-refractivity contribution in [2.24, 2.45) is 0 Å². The van der Waals surface area contributed by atoms with Gasteiger partial charge >= 0.3 is 8.25 Å². The number of hydrogen-bond donors (Lipinski definition) is 2. The molecule has 0 heterocycles. The Morgan fingerprint density at radius 2 is 1.88 bits per heavy atom. The minimum absolute atomic E-state index is 1.22. The fraction of sp³-hybridized carbons (Fsp3) is 0.333. The fourth-order valence-corrected chi connectivity index (χ4v) is 0. The second-order valence-corrected chi connectivity index (χ2v) is 2.36. The maximum absolute atomic E-state index is 8.74. The first kappa shape index (κ1) is 11.0. The molecule has 0 aromatic heterocycles. The zero-order valence-corrected chi connectivity index (χ0v) is 7.79. The van der Waals surface area contributed by atoms with Gasteiger partial charge in [0.25, 0.3) is 0 Å². The van der Waals surface area contributed by atoms with Crippen molar-refractivity contribution < 1.29 is 14.4 Å². The van der Waals surface area contributed by atoms with E-state index in [1.54, 1.807) is 0 Å². The minimum atomic E-state index is -3.13. The molecule has 0 radical (unpaired) electrons. The molecule has 0 spiro atoms. The highest BCUT2D eigenvalue weighted by Gasteiger charge is 1.61. The van der Waals surface area contributed by atoms with E-state index in [2.05, 4.69) is 6.58 Å². The van der Waals surface area contributed by atoms with Crippen LogP contribution in [0.5, 0.6) is 0 Å². The van der Waals surface area contributed by atoms with Gasteiger partial charge in [-0.15, -0.1) is 6.58 Å². The van der Waals surface area contributed by atoms with Crippen LogP contribution >= 0.6 is 8.25 Å². The number of rotatable bonds is 1. The van der Waals surface area contributed by atoms with Crippen LogP contribution in [0.4, 0.5) is 0 Å². The normalized spacial score (nSPS) is 7.88. The number of allylic oxidation sites excluding steroid dienone is 1. The molecule has 5 heteroatoms. The van der Waals surface area contributed by atoms with Crippen LogP contribution in [-0.2, 0) is 4.57 Å². The van der Waals surface area contributed by atoms with Gasteiger partial charge in [-0.3, -0.25) is 4.57 Å². The number of hydrogen-bond acceptors (Lipinski definition) is 1. The van der Waals surface area contributed by atoms with E-state index in [-0.39, 0.29) is 0 Å². The van der Waals surface area contributed by atoms with Gasteiger partial charge in [0, 0.05) is 10.2 Å². The molecule has 0 aliphatic rings. The first-order chi connectivity index (χ1) is 3.65. The van der Waals surface area contributed by atoms with E-state index >= 15 is 0 Å². The first-order valence-corrected chi connectivity index (χ1v) is 4.89. The summed E-state index contributed by atoms with van der Waals surface area (Å²) in [6, 6.07) is 1.22. The lowest BCUT2D eigenvalue weighted by Gasteiger charge is -1.61. The summed E-state index contributed by atoms with van der Waals surface area (Å²) < 4.78 is 8.74. The summed E-state index contributed by atoms with van der Waals surface area (Å²) in [4.78, 5) is 14.3. The van der Waals surface area contributed by atoms with E-state index in [1.807, 2.05) is 6.08 Å². The Morgan fingerprint density at radius 1 is 1.75 bits per heavy atom. The molecule has 0 aromatic rings. The molecule has 0 saturated carbocycles. The summed E-state index contributed by atoms with van der Waals surface area (Å²) >= 11 is 0. The van der Waals surface area contributed by atoms with Gasteiger partial charge in [0.15, 0.2) is 0 Å². The van der Waals surface area contributed by atoms with Crippen molar-refractivity contribution in [3.8, 4) is 0 Å². The molecule has 50 valence electrons. The topological polar surface area (TPSA) is 57.5 Å². The quantitative estimate of drug-likeness (QED) is 0.299. The highest BCUT2D eigenvalue weighted by molar-refractivity contribution is 7.30. The Kier molecular flexibility index (Phi) is 13.9. The summed E-state index contributed by atoms with van der Waals surface area (Å²) in [6.07, 6.45) is 1.94. The predicted octanol–water partition coefficient (Wildman–Crippen LogP) is -0.683. The third-order valence-corrected chi connectivity index (χ3v) is 0.866. The van der Waals surface area contributed by atoms with E-state index in [4.69, 9.17) is 14.4 Å². The van der Waals surface area contributed by atoms with E-state index in [0.717, 1.165) is 0 Å². The Bertz CT molecular complexity index is 70.9. The summed E-state index contributed by atoms with van der Waals surface area (Å²) in [5.41, 5.74) is 0. The largest absolute Gasteiger partial charge is 0.326 e. The lowest BCUT2D eigenvalue weighted by atomic mass is 10.8. The van der Waals surface area contributed by atoms with Crippen LogP contribution in [0.3, 0.4) is 0 Å². The van der Waals surface area contributed by atoms with E-state index in [1.165, 1.54) is 16.3 Å². The molecular weight excluding hydrogens is 143 g/mol. The van der Waals surface area contributed by atoms with Crippen LogP contribution in [0.2, 0.25) is 6.04 Å². The van der Waals surface area contributed by atoms with E-state index in [9.17, 15) is 0 Å². The van der Waals surface area contributed by atoms with Crippen LogP contribution < -0.4 is 0 Å². The van der Waals surface area contributed by atoms with Gasteiger partial charge in [-0.05, 0) is 6.04 Å². The average molecular weight is 154 g/mol. The molecule has 3 nitrogen and oxygen atoms in total. The molecule has 0 aliphatic heterocycles. The second-order valence-electron chi connectivity index (χ2n) is 0.979. The second kappa shape index (κ2) is 10.2. The predicted molar refractivity (Wildman–Crippen MR) is 38.4 cm³/mol. The Balaban J connectivity index is 0. The molecule has 0 aliphatic carbocycles. The van der Waals surface area contributed by atoms with Gasteiger partial charge in [0.05, 0.1) is 0 Å². The molecule has 0 bridgehead atoms. The van der Waals surface area contributed by atoms with Crippen molar-refractivity contribution in [3.63, 3.8) is 0 Å². The van der Waals surface area contributed by atoms with Gasteiger partial charge in [0.2, 0.25) is 0 Å². The molecule has 0 rings (SSSR count). The van der Waals surface area contributed by atoms with Gasteiger partial charge in [-0.2, -0.15) is 0 Å². The van der Waals surface area contributed by atoms with E-state index in [0.29, 0.717) is 0 Å². The lowest BCUT2D eigenvalue weighted by molar-refractivity contribution is 0.405. The van der Waals surface area contributed by atoms with Crippen LogP contribution in [0.25, 0.3) is 0 Å².